The predicted molar refractivity (Wildman–Crippen MR) is 236 cm³/mol. The largest absolute Gasteiger partial charge is 0.406 e. The van der Waals surface area contributed by atoms with Crippen molar-refractivity contribution in [2.75, 3.05) is 40.6 Å². The van der Waals surface area contributed by atoms with Crippen molar-refractivity contribution in [3.8, 4) is 11.8 Å². The lowest BCUT2D eigenvalue weighted by atomic mass is 10.2. The van der Waals surface area contributed by atoms with Gasteiger partial charge in [-0.2, -0.15) is 14.6 Å². The molecule has 0 N–H and O–H groups in total. The first-order valence-electron chi connectivity index (χ1n) is 16.6. The molecule has 0 fully saturated rings. The molecule has 0 atom stereocenters. The molecule has 312 valence electrons. The van der Waals surface area contributed by atoms with Gasteiger partial charge in [-0.25, -0.2) is 4.98 Å². The zero-order valence-corrected chi connectivity index (χ0v) is 40.3. The van der Waals surface area contributed by atoms with Gasteiger partial charge in [0.1, 0.15) is 22.2 Å². The standard InChI is InChI=1S/C12H21N2O3PS.C10H12N3O3PS2.C9H11Cl3NO3PS/c1-6-15-18(19,16-7-2)17-11-8-10(5)13-12(14-11)9(3)4;1-15-17(18,16-2)19-7-13-10(14)8-5-3-4-6-9(8)11-12-13;1-3-14-17(18,15-4-2)16-9-7(11)5-6(10)8(12)13-9/h8-9H,6-7H2,1-5H3;3-6H,7H2,1-2H3;5H,3-4H2,1-2H3. The predicted octanol–water partition coefficient (Wildman–Crippen LogP) is 10.3. The van der Waals surface area contributed by atoms with E-state index < -0.39 is 19.1 Å². The molecular weight excluding hydrogens is 928 g/mol. The minimum atomic E-state index is -2.92. The number of hydrogen-bond donors (Lipinski definition) is 0. The van der Waals surface area contributed by atoms with Crippen LogP contribution in [0.15, 0.2) is 41.2 Å². The average Bonchev–Trinajstić information content (AvgIpc) is 3.14. The minimum absolute atomic E-state index is 0.0521. The van der Waals surface area contributed by atoms with Crippen LogP contribution in [0.3, 0.4) is 0 Å². The lowest BCUT2D eigenvalue weighted by molar-refractivity contribution is 0.215. The first-order valence-corrected chi connectivity index (χ1v) is 27.1. The summed E-state index contributed by atoms with van der Waals surface area (Å²) >= 11 is 34.4. The molecule has 25 heteroatoms. The van der Waals surface area contributed by atoms with Gasteiger partial charge in [0.05, 0.1) is 36.8 Å². The SMILES string of the molecule is CCOP(=S)(OCC)Oc1cc(C)nc(C(C)C)n1.CCOP(=S)(OCC)Oc1nc(Cl)c(Cl)cc1Cl.COP(=S)(OC)SCn1nnc2ccccc2c1=O. The molecule has 0 radical (unpaired) electrons. The smallest absolute Gasteiger partial charge is 0.381 e. The molecule has 0 aliphatic heterocycles. The highest BCUT2D eigenvalue weighted by Gasteiger charge is 2.25. The number of halogens is 3. The maximum atomic E-state index is 12.2. The summed E-state index contributed by atoms with van der Waals surface area (Å²) < 4.78 is 44.1. The van der Waals surface area contributed by atoms with Gasteiger partial charge in [-0.05, 0) is 76.0 Å². The van der Waals surface area contributed by atoms with Gasteiger partial charge in [-0.15, -0.1) is 5.10 Å². The van der Waals surface area contributed by atoms with E-state index in [0.717, 1.165) is 11.5 Å². The molecule has 15 nitrogen and oxygen atoms in total. The topological polar surface area (TPSA) is 160 Å². The third-order valence-corrected chi connectivity index (χ3v) is 17.6. The molecule has 0 spiro atoms. The molecule has 4 rings (SSSR count). The second-order valence-corrected chi connectivity index (χ2v) is 24.2. The number of hydrogen-bond acceptors (Lipinski definition) is 18. The molecule has 0 amide bonds. The summed E-state index contributed by atoms with van der Waals surface area (Å²) in [5.74, 6) is 1.66. The van der Waals surface area contributed by atoms with Crippen molar-refractivity contribution < 1.29 is 36.2 Å². The molecule has 0 saturated carbocycles. The fourth-order valence-electron chi connectivity index (χ4n) is 3.81. The molecule has 0 bridgehead atoms. The quantitative estimate of drug-likeness (QED) is 0.0683. The molecule has 56 heavy (non-hydrogen) atoms. The Hall–Kier alpha value is -0.950. The van der Waals surface area contributed by atoms with Crippen molar-refractivity contribution in [1.82, 2.24) is 29.9 Å². The molecule has 3 heterocycles. The second-order valence-electron chi connectivity index (χ2n) is 10.6. The van der Waals surface area contributed by atoms with Crippen LogP contribution >= 0.6 is 65.3 Å². The number of aromatic nitrogens is 6. The van der Waals surface area contributed by atoms with E-state index in [2.05, 4.69) is 25.3 Å². The minimum Gasteiger partial charge on any atom is -0.406 e. The number of benzene rings is 1. The summed E-state index contributed by atoms with van der Waals surface area (Å²) in [6.07, 6.45) is 0. The Morgan fingerprint density at radius 1 is 0.804 bits per heavy atom. The highest BCUT2D eigenvalue weighted by molar-refractivity contribution is 8.67. The Morgan fingerprint density at radius 3 is 1.89 bits per heavy atom. The number of fused-ring (bicyclic) bond motifs is 1. The lowest BCUT2D eigenvalue weighted by Crippen LogP contribution is -2.23. The Morgan fingerprint density at radius 2 is 1.36 bits per heavy atom. The first kappa shape index (κ1) is 51.2. The maximum absolute atomic E-state index is 12.2. The maximum Gasteiger partial charge on any atom is 0.381 e. The van der Waals surface area contributed by atoms with Gasteiger partial charge in [0.2, 0.25) is 17.5 Å². The van der Waals surface area contributed by atoms with Gasteiger partial charge in [0, 0.05) is 55.5 Å². The molecule has 4 aromatic rings. The summed E-state index contributed by atoms with van der Waals surface area (Å²) in [6, 6.07) is 10.2. The third-order valence-electron chi connectivity index (χ3n) is 6.19. The van der Waals surface area contributed by atoms with Crippen LogP contribution in [0.5, 0.6) is 11.8 Å². The fraction of sp³-hybridized carbons (Fsp3) is 0.484. The summed E-state index contributed by atoms with van der Waals surface area (Å²) in [5, 5.41) is 8.89. The van der Waals surface area contributed by atoms with E-state index in [9.17, 15) is 4.79 Å². The van der Waals surface area contributed by atoms with Gasteiger partial charge >= 0.3 is 13.4 Å². The van der Waals surface area contributed by atoms with Crippen LogP contribution in [-0.2, 0) is 68.4 Å². The Balaban J connectivity index is 0.000000290. The number of pyridine rings is 1. The van der Waals surface area contributed by atoms with Crippen molar-refractivity contribution >= 4 is 112 Å². The van der Waals surface area contributed by atoms with Gasteiger partial charge in [-0.1, -0.05) is 66.0 Å². The van der Waals surface area contributed by atoms with Crippen molar-refractivity contribution in [2.24, 2.45) is 0 Å². The van der Waals surface area contributed by atoms with Crippen LogP contribution in [0.1, 0.15) is 59.0 Å². The van der Waals surface area contributed by atoms with E-state index in [-0.39, 0.29) is 38.4 Å². The molecule has 0 aliphatic carbocycles. The Kier molecular flexibility index (Phi) is 22.8. The number of rotatable bonds is 18. The van der Waals surface area contributed by atoms with Gasteiger partial charge in [0.15, 0.2) is 5.15 Å². The van der Waals surface area contributed by atoms with Crippen molar-refractivity contribution in [3.63, 3.8) is 0 Å². The highest BCUT2D eigenvalue weighted by Crippen LogP contribution is 2.60. The second kappa shape index (κ2) is 25.0. The van der Waals surface area contributed by atoms with Gasteiger partial charge in [0.25, 0.3) is 5.56 Å². The van der Waals surface area contributed by atoms with Crippen molar-refractivity contribution in [3.05, 3.63) is 73.5 Å². The Labute approximate surface area is 361 Å². The zero-order valence-electron chi connectivity index (χ0n) is 32.0. The molecule has 3 aromatic heterocycles. The summed E-state index contributed by atoms with van der Waals surface area (Å²) in [6.45, 7) is 9.14. The van der Waals surface area contributed by atoms with Crippen LogP contribution in [0.25, 0.3) is 10.9 Å². The van der Waals surface area contributed by atoms with Crippen LogP contribution in [0.4, 0.5) is 0 Å². The monoisotopic (exact) mass is 970 g/mol. The average molecular weight is 972 g/mol. The van der Waals surface area contributed by atoms with Crippen molar-refractivity contribution in [2.45, 2.75) is 60.3 Å². The van der Waals surface area contributed by atoms with Gasteiger partial charge in [-0.3, -0.25) is 22.9 Å². The van der Waals surface area contributed by atoms with E-state index >= 15 is 0 Å². The van der Waals surface area contributed by atoms with E-state index in [0.29, 0.717) is 43.2 Å². The number of aryl methyl sites for hydroxylation is 1. The summed E-state index contributed by atoms with van der Waals surface area (Å²) in [7, 11) is 2.98. The molecule has 0 aliphatic rings. The van der Waals surface area contributed by atoms with Crippen LogP contribution in [0.2, 0.25) is 15.2 Å². The van der Waals surface area contributed by atoms with Crippen LogP contribution in [-0.4, -0.2) is 70.6 Å². The molecule has 0 unspecified atom stereocenters. The van der Waals surface area contributed by atoms with Crippen LogP contribution < -0.4 is 14.6 Å². The third kappa shape index (κ3) is 16.6. The van der Waals surface area contributed by atoms with Crippen LogP contribution in [0, 0.1) is 6.92 Å². The summed E-state index contributed by atoms with van der Waals surface area (Å²) in [4.78, 5) is 24.8. The van der Waals surface area contributed by atoms with E-state index in [1.165, 1.54) is 36.3 Å². The Bertz CT molecular complexity index is 2070. The number of nitrogens with zero attached hydrogens (tertiary/aromatic N) is 6. The van der Waals surface area contributed by atoms with E-state index in [1.54, 1.807) is 38.1 Å². The highest BCUT2D eigenvalue weighted by atomic mass is 35.5. The molecule has 0 saturated heterocycles. The summed E-state index contributed by atoms with van der Waals surface area (Å²) in [5.41, 5.74) is -1.19. The fourth-order valence-corrected chi connectivity index (χ4v) is 11.0. The first-order chi connectivity index (χ1) is 26.4. The lowest BCUT2D eigenvalue weighted by Gasteiger charge is -2.21. The van der Waals surface area contributed by atoms with E-state index in [4.69, 9.17) is 106 Å². The normalized spacial score (nSPS) is 11.8. The van der Waals surface area contributed by atoms with E-state index in [1.807, 2.05) is 40.7 Å². The zero-order chi connectivity index (χ0) is 42.1. The molecular formula is C31H44Cl3N6O9P3S4. The molecule has 1 aromatic carbocycles. The van der Waals surface area contributed by atoms with Gasteiger partial charge < -0.3 is 18.1 Å². The van der Waals surface area contributed by atoms with Crippen molar-refractivity contribution in [1.29, 1.82) is 0 Å².